The molecule has 0 aliphatic rings. The molecule has 0 aliphatic carbocycles. The standard InChI is InChI=1S/C16H10ClF3N2O5/c17-11-4-5-12(13(7-11)22(25)26)21-14(23)8-27-15(24)9-2-1-3-10(6-9)16(18,19)20/h1-7H,8H2,(H,21,23). The molecule has 0 heterocycles. The topological polar surface area (TPSA) is 98.5 Å². The van der Waals surface area contributed by atoms with Crippen LogP contribution in [-0.4, -0.2) is 23.4 Å². The van der Waals surface area contributed by atoms with Crippen LogP contribution in [0.15, 0.2) is 42.5 Å². The van der Waals surface area contributed by atoms with E-state index in [9.17, 15) is 32.9 Å². The molecule has 0 spiro atoms. The lowest BCUT2D eigenvalue weighted by Crippen LogP contribution is -2.21. The first-order chi connectivity index (χ1) is 12.6. The summed E-state index contributed by atoms with van der Waals surface area (Å²) in [6, 6.07) is 7.00. The Morgan fingerprint density at radius 2 is 1.89 bits per heavy atom. The lowest BCUT2D eigenvalue weighted by atomic mass is 10.1. The van der Waals surface area contributed by atoms with Gasteiger partial charge in [0.2, 0.25) is 0 Å². The SMILES string of the molecule is O=C(COC(=O)c1cccc(C(F)(F)F)c1)Nc1ccc(Cl)cc1[N+](=O)[O-]. The fourth-order valence-corrected chi connectivity index (χ4v) is 2.15. The Morgan fingerprint density at radius 1 is 1.19 bits per heavy atom. The molecule has 0 saturated heterocycles. The van der Waals surface area contributed by atoms with Gasteiger partial charge in [-0.15, -0.1) is 0 Å². The van der Waals surface area contributed by atoms with Crippen LogP contribution in [0, 0.1) is 10.1 Å². The van der Waals surface area contributed by atoms with Gasteiger partial charge in [0.05, 0.1) is 16.1 Å². The average Bonchev–Trinajstić information content (AvgIpc) is 2.60. The summed E-state index contributed by atoms with van der Waals surface area (Å²) in [6.07, 6.45) is -4.64. The maximum atomic E-state index is 12.6. The Bertz CT molecular complexity index is 902. The molecule has 2 rings (SSSR count). The van der Waals surface area contributed by atoms with Crippen LogP contribution in [0.5, 0.6) is 0 Å². The molecular formula is C16H10ClF3N2O5. The van der Waals surface area contributed by atoms with Gasteiger partial charge in [-0.05, 0) is 30.3 Å². The molecule has 0 bridgehead atoms. The highest BCUT2D eigenvalue weighted by molar-refractivity contribution is 6.31. The third-order valence-electron chi connectivity index (χ3n) is 3.19. The van der Waals surface area contributed by atoms with E-state index in [0.717, 1.165) is 24.3 Å². The first kappa shape index (κ1) is 20.2. The second-order valence-corrected chi connectivity index (χ2v) is 5.56. The molecule has 2 aromatic rings. The molecular weight excluding hydrogens is 393 g/mol. The van der Waals surface area contributed by atoms with Crippen LogP contribution < -0.4 is 5.32 Å². The number of nitro groups is 1. The monoisotopic (exact) mass is 402 g/mol. The van der Waals surface area contributed by atoms with Crippen LogP contribution in [0.4, 0.5) is 24.5 Å². The molecule has 2 aromatic carbocycles. The number of benzene rings is 2. The minimum absolute atomic E-state index is 0.0793. The number of carbonyl (C=O) groups is 2. The number of anilines is 1. The average molecular weight is 403 g/mol. The van der Waals surface area contributed by atoms with Crippen LogP contribution in [-0.2, 0) is 15.7 Å². The first-order valence-electron chi connectivity index (χ1n) is 7.16. The number of hydrogen-bond acceptors (Lipinski definition) is 5. The summed E-state index contributed by atoms with van der Waals surface area (Å²) in [6.45, 7) is -0.852. The number of rotatable bonds is 5. The minimum Gasteiger partial charge on any atom is -0.452 e. The van der Waals surface area contributed by atoms with Gasteiger partial charge in [-0.3, -0.25) is 14.9 Å². The van der Waals surface area contributed by atoms with E-state index in [1.54, 1.807) is 0 Å². The highest BCUT2D eigenvalue weighted by Crippen LogP contribution is 2.30. The summed E-state index contributed by atoms with van der Waals surface area (Å²) >= 11 is 5.65. The molecule has 0 saturated carbocycles. The van der Waals surface area contributed by atoms with Crippen molar-refractivity contribution in [3.8, 4) is 0 Å². The summed E-state index contributed by atoms with van der Waals surface area (Å²) in [5.74, 6) is -2.07. The molecule has 7 nitrogen and oxygen atoms in total. The van der Waals surface area contributed by atoms with Crippen molar-refractivity contribution < 1.29 is 32.4 Å². The lowest BCUT2D eigenvalue weighted by Gasteiger charge is -2.09. The van der Waals surface area contributed by atoms with Crippen molar-refractivity contribution in [3.63, 3.8) is 0 Å². The number of alkyl halides is 3. The maximum absolute atomic E-state index is 12.6. The van der Waals surface area contributed by atoms with Gasteiger partial charge in [-0.1, -0.05) is 17.7 Å². The predicted molar refractivity (Wildman–Crippen MR) is 88.5 cm³/mol. The molecule has 142 valence electrons. The zero-order valence-corrected chi connectivity index (χ0v) is 14.0. The molecule has 1 N–H and O–H groups in total. The molecule has 0 aromatic heterocycles. The van der Waals surface area contributed by atoms with E-state index >= 15 is 0 Å². The third-order valence-corrected chi connectivity index (χ3v) is 3.43. The number of carbonyl (C=O) groups excluding carboxylic acids is 2. The van der Waals surface area contributed by atoms with Crippen molar-refractivity contribution in [3.05, 3.63) is 68.7 Å². The van der Waals surface area contributed by atoms with Crippen LogP contribution in [0.3, 0.4) is 0 Å². The first-order valence-corrected chi connectivity index (χ1v) is 7.54. The smallest absolute Gasteiger partial charge is 0.416 e. The highest BCUT2D eigenvalue weighted by atomic mass is 35.5. The number of nitro benzene ring substituents is 1. The van der Waals surface area contributed by atoms with Crippen LogP contribution in [0.1, 0.15) is 15.9 Å². The van der Waals surface area contributed by atoms with Crippen molar-refractivity contribution in [2.75, 3.05) is 11.9 Å². The highest BCUT2D eigenvalue weighted by Gasteiger charge is 2.31. The third kappa shape index (κ3) is 5.42. The van der Waals surface area contributed by atoms with Crippen molar-refractivity contribution in [1.29, 1.82) is 0 Å². The second kappa shape index (κ2) is 8.04. The van der Waals surface area contributed by atoms with Gasteiger partial charge in [-0.25, -0.2) is 4.79 Å². The molecule has 11 heteroatoms. The van der Waals surface area contributed by atoms with E-state index in [4.69, 9.17) is 11.6 Å². The molecule has 0 aliphatic heterocycles. The van der Waals surface area contributed by atoms with Gasteiger partial charge >= 0.3 is 12.1 Å². The van der Waals surface area contributed by atoms with Crippen molar-refractivity contribution >= 4 is 34.9 Å². The predicted octanol–water partition coefficient (Wildman–Crippen LogP) is 4.06. The van der Waals surface area contributed by atoms with Gasteiger partial charge in [0.25, 0.3) is 11.6 Å². The second-order valence-electron chi connectivity index (χ2n) is 5.12. The Balaban J connectivity index is 2.02. The number of nitrogens with one attached hydrogen (secondary N) is 1. The molecule has 1 amide bonds. The van der Waals surface area contributed by atoms with E-state index in [0.29, 0.717) is 6.07 Å². The normalized spacial score (nSPS) is 11.0. The molecule has 27 heavy (non-hydrogen) atoms. The lowest BCUT2D eigenvalue weighted by molar-refractivity contribution is -0.383. The van der Waals surface area contributed by atoms with Crippen molar-refractivity contribution in [2.45, 2.75) is 6.18 Å². The van der Waals surface area contributed by atoms with Gasteiger partial charge in [0.1, 0.15) is 5.69 Å². The minimum atomic E-state index is -4.64. The summed E-state index contributed by atoms with van der Waals surface area (Å²) < 4.78 is 42.6. The largest absolute Gasteiger partial charge is 0.452 e. The number of amides is 1. The number of hydrogen-bond donors (Lipinski definition) is 1. The number of ether oxygens (including phenoxy) is 1. The van der Waals surface area contributed by atoms with E-state index in [2.05, 4.69) is 10.1 Å². The van der Waals surface area contributed by atoms with E-state index in [1.165, 1.54) is 12.1 Å². The summed E-state index contributed by atoms with van der Waals surface area (Å²) in [7, 11) is 0. The van der Waals surface area contributed by atoms with Crippen LogP contribution >= 0.6 is 11.6 Å². The van der Waals surface area contributed by atoms with Crippen molar-refractivity contribution in [2.24, 2.45) is 0 Å². The van der Waals surface area contributed by atoms with E-state index in [1.807, 2.05) is 0 Å². The van der Waals surface area contributed by atoms with Gasteiger partial charge < -0.3 is 10.1 Å². The molecule has 0 fully saturated rings. The Hall–Kier alpha value is -3.14. The number of esters is 1. The zero-order valence-electron chi connectivity index (χ0n) is 13.2. The number of halogens is 4. The Labute approximate surface area is 154 Å². The van der Waals surface area contributed by atoms with Crippen LogP contribution in [0.2, 0.25) is 5.02 Å². The zero-order chi connectivity index (χ0) is 20.2. The van der Waals surface area contributed by atoms with Crippen molar-refractivity contribution in [1.82, 2.24) is 0 Å². The summed E-state index contributed by atoms with van der Waals surface area (Å²) in [5, 5.41) is 13.2. The quantitative estimate of drug-likeness (QED) is 0.462. The summed E-state index contributed by atoms with van der Waals surface area (Å²) in [5.41, 5.74) is -2.09. The van der Waals surface area contributed by atoms with Gasteiger partial charge in [-0.2, -0.15) is 13.2 Å². The fraction of sp³-hybridized carbons (Fsp3) is 0.125. The van der Waals surface area contributed by atoms with E-state index in [-0.39, 0.29) is 10.7 Å². The Kier molecular flexibility index (Phi) is 6.01. The number of nitrogens with zero attached hydrogens (tertiary/aromatic N) is 1. The van der Waals surface area contributed by atoms with Crippen LogP contribution in [0.25, 0.3) is 0 Å². The molecule has 0 atom stereocenters. The van der Waals surface area contributed by atoms with Gasteiger partial charge in [0, 0.05) is 11.1 Å². The Morgan fingerprint density at radius 3 is 2.52 bits per heavy atom. The van der Waals surface area contributed by atoms with E-state index < -0.39 is 46.4 Å². The molecule has 0 radical (unpaired) electrons. The molecule has 0 unspecified atom stereocenters. The van der Waals surface area contributed by atoms with Gasteiger partial charge in [0.15, 0.2) is 6.61 Å². The maximum Gasteiger partial charge on any atom is 0.416 e. The summed E-state index contributed by atoms with van der Waals surface area (Å²) in [4.78, 5) is 33.8. The fourth-order valence-electron chi connectivity index (χ4n) is 1.98.